The number of hydrogen-bond acceptors (Lipinski definition) is 6. The normalized spacial score (nSPS) is 11.9. The Kier molecular flexibility index (Phi) is 5.35. The highest BCUT2D eigenvalue weighted by molar-refractivity contribution is 7.98. The van der Waals surface area contributed by atoms with Gasteiger partial charge in [-0.1, -0.05) is 0 Å². The van der Waals surface area contributed by atoms with Crippen LogP contribution in [0.15, 0.2) is 40.1 Å². The van der Waals surface area contributed by atoms with Gasteiger partial charge in [0.1, 0.15) is 0 Å². The molecule has 1 aromatic heterocycles. The molecule has 0 saturated carbocycles. The van der Waals surface area contributed by atoms with Crippen LogP contribution in [0.3, 0.4) is 0 Å². The molecule has 1 amide bonds. The number of nitrogens with two attached hydrogens (primary N) is 1. The molecule has 1 aromatic carbocycles. The molecule has 0 spiro atoms. The van der Waals surface area contributed by atoms with Gasteiger partial charge in [0, 0.05) is 16.0 Å². The predicted octanol–water partition coefficient (Wildman–Crippen LogP) is 2.47. The summed E-state index contributed by atoms with van der Waals surface area (Å²) in [6.07, 6.45) is -0.934. The highest BCUT2D eigenvalue weighted by Crippen LogP contribution is 2.23. The summed E-state index contributed by atoms with van der Waals surface area (Å²) in [5, 5.41) is 2.00. The third-order valence-corrected chi connectivity index (χ3v) is 4.33. The summed E-state index contributed by atoms with van der Waals surface area (Å²) >= 11 is 3.20. The zero-order chi connectivity index (χ0) is 15.2. The van der Waals surface area contributed by atoms with E-state index in [0.29, 0.717) is 5.56 Å². The molecule has 2 rings (SSSR count). The minimum absolute atomic E-state index is 0.390. The first-order valence-electron chi connectivity index (χ1n) is 6.16. The Morgan fingerprint density at radius 3 is 2.67 bits per heavy atom. The highest BCUT2D eigenvalue weighted by Gasteiger charge is 2.15. The summed E-state index contributed by atoms with van der Waals surface area (Å²) in [4.78, 5) is 27.9. The number of amides is 1. The molecule has 0 aliphatic heterocycles. The van der Waals surface area contributed by atoms with Crippen LogP contribution in [0.25, 0.3) is 0 Å². The smallest absolute Gasteiger partial charge is 0.338 e. The molecule has 0 saturated heterocycles. The van der Waals surface area contributed by atoms with E-state index in [1.165, 1.54) is 6.92 Å². The summed E-state index contributed by atoms with van der Waals surface area (Å²) in [7, 11) is 0. The van der Waals surface area contributed by atoms with Crippen LogP contribution in [0.5, 0.6) is 0 Å². The van der Waals surface area contributed by atoms with Gasteiger partial charge in [-0.25, -0.2) is 9.78 Å². The van der Waals surface area contributed by atoms with Gasteiger partial charge in [-0.05, 0) is 31.2 Å². The number of hydrogen-bond donors (Lipinski definition) is 1. The van der Waals surface area contributed by atoms with Crippen molar-refractivity contribution in [2.45, 2.75) is 23.7 Å². The van der Waals surface area contributed by atoms with Crippen LogP contribution in [0.2, 0.25) is 0 Å². The molecule has 1 atom stereocenters. The first-order valence-corrected chi connectivity index (χ1v) is 8.09. The van der Waals surface area contributed by atoms with Crippen molar-refractivity contribution in [3.63, 3.8) is 0 Å². The van der Waals surface area contributed by atoms with E-state index in [4.69, 9.17) is 10.5 Å². The van der Waals surface area contributed by atoms with E-state index in [1.807, 2.05) is 17.5 Å². The molecule has 1 unspecified atom stereocenters. The fourth-order valence-electron chi connectivity index (χ4n) is 1.44. The van der Waals surface area contributed by atoms with Crippen LogP contribution in [0, 0.1) is 0 Å². The van der Waals surface area contributed by atoms with Gasteiger partial charge in [-0.3, -0.25) is 4.79 Å². The van der Waals surface area contributed by atoms with Crippen molar-refractivity contribution in [1.82, 2.24) is 4.98 Å². The summed E-state index contributed by atoms with van der Waals surface area (Å²) in [6.45, 7) is 1.44. The molecule has 2 N–H and O–H groups in total. The maximum absolute atomic E-state index is 11.8. The van der Waals surface area contributed by atoms with E-state index in [1.54, 1.807) is 40.7 Å². The fraction of sp³-hybridized carbons (Fsp3) is 0.214. The van der Waals surface area contributed by atoms with E-state index < -0.39 is 18.0 Å². The summed E-state index contributed by atoms with van der Waals surface area (Å²) < 4.78 is 4.93. The molecule has 0 aliphatic rings. The second-order valence-electron chi connectivity index (χ2n) is 4.24. The van der Waals surface area contributed by atoms with Crippen LogP contribution < -0.4 is 5.73 Å². The van der Waals surface area contributed by atoms with Gasteiger partial charge < -0.3 is 10.5 Å². The number of nitrogens with zero attached hydrogens (tertiary/aromatic N) is 1. The Labute approximate surface area is 130 Å². The molecule has 0 aliphatic carbocycles. The Morgan fingerprint density at radius 2 is 2.10 bits per heavy atom. The van der Waals surface area contributed by atoms with Crippen molar-refractivity contribution in [3.05, 3.63) is 46.4 Å². The van der Waals surface area contributed by atoms with Crippen molar-refractivity contribution >= 4 is 35.0 Å². The molecule has 0 radical (unpaired) electrons. The third-order valence-electron chi connectivity index (χ3n) is 2.64. The van der Waals surface area contributed by atoms with Crippen LogP contribution in [-0.4, -0.2) is 23.0 Å². The molecule has 110 valence electrons. The van der Waals surface area contributed by atoms with Gasteiger partial charge in [-0.15, -0.1) is 23.1 Å². The largest absolute Gasteiger partial charge is 0.449 e. The van der Waals surface area contributed by atoms with Crippen molar-refractivity contribution in [3.8, 4) is 0 Å². The lowest BCUT2D eigenvalue weighted by Gasteiger charge is -2.09. The van der Waals surface area contributed by atoms with E-state index >= 15 is 0 Å². The lowest BCUT2D eigenvalue weighted by molar-refractivity contribution is -0.125. The second kappa shape index (κ2) is 7.24. The fourth-order valence-corrected chi connectivity index (χ4v) is 2.90. The zero-order valence-corrected chi connectivity index (χ0v) is 12.9. The monoisotopic (exact) mass is 322 g/mol. The highest BCUT2D eigenvalue weighted by atomic mass is 32.2. The Balaban J connectivity index is 1.92. The minimum atomic E-state index is -0.934. The van der Waals surface area contributed by atoms with Crippen molar-refractivity contribution in [2.24, 2.45) is 5.73 Å². The van der Waals surface area contributed by atoms with Crippen molar-refractivity contribution in [1.29, 1.82) is 0 Å². The second-order valence-corrected chi connectivity index (χ2v) is 6.01. The van der Waals surface area contributed by atoms with E-state index in [9.17, 15) is 9.59 Å². The number of aromatic nitrogens is 1. The zero-order valence-electron chi connectivity index (χ0n) is 11.3. The maximum atomic E-state index is 11.8. The molecule has 5 nitrogen and oxygen atoms in total. The van der Waals surface area contributed by atoms with Gasteiger partial charge in [0.25, 0.3) is 5.91 Å². The minimum Gasteiger partial charge on any atom is -0.449 e. The first kappa shape index (κ1) is 15.5. The number of primary amides is 1. The average Bonchev–Trinajstić information content (AvgIpc) is 2.98. The average molecular weight is 322 g/mol. The van der Waals surface area contributed by atoms with Crippen LogP contribution in [0.4, 0.5) is 0 Å². The first-order chi connectivity index (χ1) is 10.1. The van der Waals surface area contributed by atoms with Gasteiger partial charge in [0.05, 0.1) is 16.8 Å². The predicted molar refractivity (Wildman–Crippen MR) is 82.2 cm³/mol. The number of benzene rings is 1. The molecule has 0 fully saturated rings. The topological polar surface area (TPSA) is 82.3 Å². The number of ether oxygens (including phenoxy) is 1. The lowest BCUT2D eigenvalue weighted by Crippen LogP contribution is -2.30. The molecule has 1 heterocycles. The van der Waals surface area contributed by atoms with Gasteiger partial charge >= 0.3 is 5.97 Å². The summed E-state index contributed by atoms with van der Waals surface area (Å²) in [5.41, 5.74) is 8.27. The molecule has 0 bridgehead atoms. The van der Waals surface area contributed by atoms with Gasteiger partial charge in [0.15, 0.2) is 6.10 Å². The number of thioether (sulfide) groups is 1. The lowest BCUT2D eigenvalue weighted by atomic mass is 10.2. The van der Waals surface area contributed by atoms with Crippen LogP contribution >= 0.6 is 23.1 Å². The Hall–Kier alpha value is -1.86. The Morgan fingerprint density at radius 1 is 1.38 bits per heavy atom. The summed E-state index contributed by atoms with van der Waals surface area (Å²) in [6, 6.07) is 7.00. The van der Waals surface area contributed by atoms with Crippen molar-refractivity contribution < 1.29 is 14.3 Å². The van der Waals surface area contributed by atoms with E-state index in [2.05, 4.69) is 4.98 Å². The molecule has 7 heteroatoms. The molecule has 21 heavy (non-hydrogen) atoms. The van der Waals surface area contributed by atoms with E-state index in [0.717, 1.165) is 16.3 Å². The number of rotatable bonds is 6. The standard InChI is InChI=1S/C14H14N2O3S2/c1-9(13(15)17)19-14(18)10-2-4-12(5-3-10)21-7-11-6-20-8-16-11/h2-6,8-9H,7H2,1H3,(H2,15,17). The maximum Gasteiger partial charge on any atom is 0.338 e. The van der Waals surface area contributed by atoms with Gasteiger partial charge in [-0.2, -0.15) is 0 Å². The number of carbonyl (C=O) groups excluding carboxylic acids is 2. The quantitative estimate of drug-likeness (QED) is 0.652. The summed E-state index contributed by atoms with van der Waals surface area (Å²) in [5.74, 6) is -0.442. The number of thiazole rings is 1. The van der Waals surface area contributed by atoms with Crippen LogP contribution in [-0.2, 0) is 15.3 Å². The van der Waals surface area contributed by atoms with Crippen LogP contribution in [0.1, 0.15) is 23.0 Å². The van der Waals surface area contributed by atoms with Gasteiger partial charge in [0.2, 0.25) is 0 Å². The van der Waals surface area contributed by atoms with E-state index in [-0.39, 0.29) is 0 Å². The molecular formula is C14H14N2O3S2. The molecular weight excluding hydrogens is 308 g/mol. The van der Waals surface area contributed by atoms with Crippen molar-refractivity contribution in [2.75, 3.05) is 0 Å². The number of esters is 1. The molecule has 2 aromatic rings. The number of carbonyl (C=O) groups is 2. The SMILES string of the molecule is CC(OC(=O)c1ccc(SCc2cscn2)cc1)C(N)=O. The third kappa shape index (κ3) is 4.57. The Bertz CT molecular complexity index is 612.